The van der Waals surface area contributed by atoms with E-state index in [1.165, 1.54) is 12.1 Å². The average Bonchev–Trinajstić information content (AvgIpc) is 2.97. The highest BCUT2D eigenvalue weighted by Crippen LogP contribution is 2.36. The Kier molecular flexibility index (Phi) is 10.6. The van der Waals surface area contributed by atoms with Crippen LogP contribution >= 0.6 is 27.5 Å². The highest BCUT2D eigenvalue weighted by atomic mass is 79.9. The molecule has 0 amide bonds. The van der Waals surface area contributed by atoms with E-state index in [0.717, 1.165) is 27.4 Å². The molecule has 11 heteroatoms. The number of hydrogen-bond donors (Lipinski definition) is 3. The summed E-state index contributed by atoms with van der Waals surface area (Å²) in [6.45, 7) is -0.346. The van der Waals surface area contributed by atoms with E-state index in [2.05, 4.69) is 21.2 Å². The first-order chi connectivity index (χ1) is 20.1. The molecule has 0 spiro atoms. The van der Waals surface area contributed by atoms with Gasteiger partial charge in [0.1, 0.15) is 30.8 Å². The summed E-state index contributed by atoms with van der Waals surface area (Å²) in [5.41, 5.74) is 4.11. The molecule has 4 aromatic rings. The highest BCUT2D eigenvalue weighted by molar-refractivity contribution is 9.10. The number of aliphatic hydroxyl groups excluding tert-OH is 1. The van der Waals surface area contributed by atoms with E-state index in [1.807, 2.05) is 48.5 Å². The number of carbonyl (C=O) groups is 1. The van der Waals surface area contributed by atoms with Crippen LogP contribution in [0.5, 0.6) is 11.5 Å². The maximum atomic E-state index is 12.0. The van der Waals surface area contributed by atoms with Gasteiger partial charge in [-0.1, -0.05) is 72.3 Å². The van der Waals surface area contributed by atoms with Crippen LogP contribution in [0.2, 0.25) is 5.02 Å². The zero-order chi connectivity index (χ0) is 30.3. The fraction of sp³-hybridized carbons (Fsp3) is 0.194. The third-order valence-corrected chi connectivity index (χ3v) is 8.74. The van der Waals surface area contributed by atoms with Crippen molar-refractivity contribution in [2.45, 2.75) is 30.7 Å². The van der Waals surface area contributed by atoms with Gasteiger partial charge in [-0.05, 0) is 50.8 Å². The molecular formula is C31H29BrClNO7S. The minimum atomic E-state index is -3.40. The average molecular weight is 675 g/mol. The van der Waals surface area contributed by atoms with Gasteiger partial charge >= 0.3 is 5.97 Å². The van der Waals surface area contributed by atoms with Gasteiger partial charge in [-0.2, -0.15) is 0 Å². The van der Waals surface area contributed by atoms with Crippen molar-refractivity contribution in [2.75, 3.05) is 12.9 Å². The second-order valence-corrected chi connectivity index (χ2v) is 12.7. The van der Waals surface area contributed by atoms with Crippen molar-refractivity contribution >= 4 is 43.3 Å². The van der Waals surface area contributed by atoms with Gasteiger partial charge < -0.3 is 19.7 Å². The number of aliphatic carboxylic acids is 1. The number of ether oxygens (including phenoxy) is 2. The zero-order valence-electron chi connectivity index (χ0n) is 22.6. The van der Waals surface area contributed by atoms with Crippen LogP contribution in [-0.4, -0.2) is 43.5 Å². The molecule has 0 aromatic heterocycles. The number of sulfone groups is 1. The van der Waals surface area contributed by atoms with Crippen LogP contribution in [0.1, 0.15) is 16.7 Å². The van der Waals surface area contributed by atoms with E-state index in [9.17, 15) is 23.4 Å². The van der Waals surface area contributed by atoms with Crippen molar-refractivity contribution in [3.63, 3.8) is 0 Å². The molecule has 0 bridgehead atoms. The van der Waals surface area contributed by atoms with Crippen LogP contribution < -0.4 is 14.8 Å². The Morgan fingerprint density at radius 1 is 0.929 bits per heavy atom. The van der Waals surface area contributed by atoms with Crippen molar-refractivity contribution in [2.24, 2.45) is 0 Å². The number of rotatable bonds is 13. The summed E-state index contributed by atoms with van der Waals surface area (Å²) in [6.07, 6.45) is 1.13. The topological polar surface area (TPSA) is 122 Å². The summed E-state index contributed by atoms with van der Waals surface area (Å²) < 4.78 is 37.1. The number of carboxylic acid groups (broad SMARTS) is 1. The van der Waals surface area contributed by atoms with Gasteiger partial charge in [0.05, 0.1) is 16.5 Å². The molecule has 0 saturated heterocycles. The standard InChI is InChI=1S/C31H29BrClNO7S/c1-42(38,39)24-11-5-7-20(13-24)18-40-28-15-29(26(33)14-23(28)16-34-27(17-35)31(36)37)41-19-22-10-6-12-25(30(22)32)21-8-3-2-4-9-21/h2-15,27,34-35H,16-19H2,1H3,(H,36,37)/t27-/m1/s1. The largest absolute Gasteiger partial charge is 0.488 e. The first-order valence-corrected chi connectivity index (χ1v) is 15.9. The summed E-state index contributed by atoms with van der Waals surface area (Å²) in [4.78, 5) is 11.6. The Bertz CT molecular complexity index is 1670. The van der Waals surface area contributed by atoms with E-state index in [-0.39, 0.29) is 29.7 Å². The number of aliphatic hydroxyl groups is 1. The fourth-order valence-corrected chi connectivity index (χ4v) is 5.68. The van der Waals surface area contributed by atoms with E-state index in [1.54, 1.807) is 24.3 Å². The van der Waals surface area contributed by atoms with Crippen LogP contribution in [0.3, 0.4) is 0 Å². The predicted molar refractivity (Wildman–Crippen MR) is 165 cm³/mol. The second kappa shape index (κ2) is 14.2. The smallest absolute Gasteiger partial charge is 0.323 e. The lowest BCUT2D eigenvalue weighted by atomic mass is 10.0. The summed E-state index contributed by atoms with van der Waals surface area (Å²) in [7, 11) is -3.40. The fourth-order valence-electron chi connectivity index (χ4n) is 4.14. The minimum absolute atomic E-state index is 0.0287. The molecule has 1 atom stereocenters. The van der Waals surface area contributed by atoms with Crippen molar-refractivity contribution in [3.05, 3.63) is 111 Å². The van der Waals surface area contributed by atoms with E-state index in [0.29, 0.717) is 22.6 Å². The summed E-state index contributed by atoms with van der Waals surface area (Å²) in [6, 6.07) is 24.3. The molecule has 0 aliphatic carbocycles. The predicted octanol–water partition coefficient (Wildman–Crippen LogP) is 5.87. The van der Waals surface area contributed by atoms with E-state index < -0.39 is 28.5 Å². The number of nitrogens with one attached hydrogen (secondary N) is 1. The van der Waals surface area contributed by atoms with Gasteiger partial charge in [0.15, 0.2) is 9.84 Å². The molecule has 0 fully saturated rings. The number of hydrogen-bond acceptors (Lipinski definition) is 7. The van der Waals surface area contributed by atoms with E-state index in [4.69, 9.17) is 21.1 Å². The Morgan fingerprint density at radius 3 is 2.33 bits per heavy atom. The number of halogens is 2. The lowest BCUT2D eigenvalue weighted by Gasteiger charge is -2.18. The molecule has 4 rings (SSSR count). The lowest BCUT2D eigenvalue weighted by molar-refractivity contribution is -0.140. The van der Waals surface area contributed by atoms with Crippen LogP contribution in [0.25, 0.3) is 11.1 Å². The van der Waals surface area contributed by atoms with Crippen molar-refractivity contribution < 1.29 is 32.9 Å². The lowest BCUT2D eigenvalue weighted by Crippen LogP contribution is -2.39. The minimum Gasteiger partial charge on any atom is -0.488 e. The third kappa shape index (κ3) is 8.11. The maximum absolute atomic E-state index is 12.0. The maximum Gasteiger partial charge on any atom is 0.323 e. The van der Waals surface area contributed by atoms with Crippen LogP contribution in [-0.2, 0) is 34.4 Å². The summed E-state index contributed by atoms with van der Waals surface area (Å²) in [5, 5.41) is 21.8. The van der Waals surface area contributed by atoms with Gasteiger partial charge in [0.25, 0.3) is 0 Å². The Hall–Kier alpha value is -3.41. The molecule has 8 nitrogen and oxygen atoms in total. The Morgan fingerprint density at radius 2 is 1.64 bits per heavy atom. The van der Waals surface area contributed by atoms with E-state index >= 15 is 0 Å². The first-order valence-electron chi connectivity index (χ1n) is 12.8. The Labute approximate surface area is 257 Å². The second-order valence-electron chi connectivity index (χ2n) is 9.49. The zero-order valence-corrected chi connectivity index (χ0v) is 25.7. The van der Waals surface area contributed by atoms with Gasteiger partial charge in [-0.15, -0.1) is 0 Å². The van der Waals surface area contributed by atoms with Crippen LogP contribution in [0.4, 0.5) is 0 Å². The molecule has 0 heterocycles. The molecular weight excluding hydrogens is 646 g/mol. The monoisotopic (exact) mass is 673 g/mol. The third-order valence-electron chi connectivity index (χ3n) is 6.40. The SMILES string of the molecule is CS(=O)(=O)c1cccc(COc2cc(OCc3cccc(-c4ccccc4)c3Br)c(Cl)cc2CN[C@H](CO)C(=O)O)c1. The molecule has 0 radical (unpaired) electrons. The molecule has 3 N–H and O–H groups in total. The van der Waals surface area contributed by atoms with Gasteiger partial charge in [-0.25, -0.2) is 8.42 Å². The van der Waals surface area contributed by atoms with Gasteiger partial charge in [0.2, 0.25) is 0 Å². The van der Waals surface area contributed by atoms with Crippen LogP contribution in [0.15, 0.2) is 94.3 Å². The van der Waals surface area contributed by atoms with Gasteiger partial charge in [-0.3, -0.25) is 10.1 Å². The molecule has 220 valence electrons. The number of benzene rings is 4. The molecule has 0 aliphatic heterocycles. The molecule has 0 saturated carbocycles. The highest BCUT2D eigenvalue weighted by Gasteiger charge is 2.19. The quantitative estimate of drug-likeness (QED) is 0.161. The normalized spacial score (nSPS) is 12.1. The molecule has 4 aromatic carbocycles. The molecule has 42 heavy (non-hydrogen) atoms. The van der Waals surface area contributed by atoms with Crippen molar-refractivity contribution in [3.8, 4) is 22.6 Å². The summed E-state index contributed by atoms with van der Waals surface area (Å²) in [5.74, 6) is -0.507. The molecule has 0 unspecified atom stereocenters. The molecule has 0 aliphatic rings. The van der Waals surface area contributed by atoms with Crippen LogP contribution in [0, 0.1) is 0 Å². The number of carboxylic acids is 1. The summed E-state index contributed by atoms with van der Waals surface area (Å²) >= 11 is 10.3. The Balaban J connectivity index is 1.59. The first kappa shape index (κ1) is 31.5. The van der Waals surface area contributed by atoms with Crippen molar-refractivity contribution in [1.29, 1.82) is 0 Å². The van der Waals surface area contributed by atoms with Gasteiger partial charge in [0, 0.05) is 34.5 Å². The van der Waals surface area contributed by atoms with Crippen molar-refractivity contribution in [1.82, 2.24) is 5.32 Å².